The summed E-state index contributed by atoms with van der Waals surface area (Å²) in [6, 6.07) is 7.38. The van der Waals surface area contributed by atoms with Crippen LogP contribution in [0.5, 0.6) is 0 Å². The van der Waals surface area contributed by atoms with Crippen molar-refractivity contribution in [2.24, 2.45) is 0 Å². The number of carbonyl (C=O) groups is 3. The lowest BCUT2D eigenvalue weighted by atomic mass is 10.2. The smallest absolute Gasteiger partial charge is 0.288 e. The monoisotopic (exact) mass is 407 g/mol. The second-order valence-corrected chi connectivity index (χ2v) is 8.50. The molecule has 0 saturated carbocycles. The van der Waals surface area contributed by atoms with Crippen LogP contribution >= 0.6 is 34.9 Å². The van der Waals surface area contributed by atoms with Crippen molar-refractivity contribution < 1.29 is 14.4 Å². The van der Waals surface area contributed by atoms with Gasteiger partial charge in [-0.25, -0.2) is 4.98 Å². The molecule has 1 aliphatic rings. The van der Waals surface area contributed by atoms with Gasteiger partial charge in [0.1, 0.15) is 0 Å². The van der Waals surface area contributed by atoms with Crippen LogP contribution in [-0.2, 0) is 10.5 Å². The van der Waals surface area contributed by atoms with Crippen LogP contribution < -0.4 is 5.32 Å². The molecule has 26 heavy (non-hydrogen) atoms. The van der Waals surface area contributed by atoms with Gasteiger partial charge in [0, 0.05) is 29.1 Å². The molecule has 2 aromatic rings. The minimum atomic E-state index is -0.251. The fourth-order valence-corrected chi connectivity index (χ4v) is 4.79. The number of amides is 3. The van der Waals surface area contributed by atoms with Crippen molar-refractivity contribution in [1.29, 1.82) is 0 Å². The van der Waals surface area contributed by atoms with Gasteiger partial charge in [-0.1, -0.05) is 23.9 Å². The van der Waals surface area contributed by atoms with Crippen molar-refractivity contribution in [1.82, 2.24) is 15.2 Å². The van der Waals surface area contributed by atoms with Crippen molar-refractivity contribution in [2.45, 2.75) is 17.6 Å². The van der Waals surface area contributed by atoms with Crippen LogP contribution in [0.3, 0.4) is 0 Å². The Hall–Kier alpha value is -1.84. The summed E-state index contributed by atoms with van der Waals surface area (Å²) in [5.74, 6) is 0.461. The summed E-state index contributed by atoms with van der Waals surface area (Å²) in [6.07, 6.45) is 0. The molecule has 0 radical (unpaired) electrons. The van der Waals surface area contributed by atoms with Crippen LogP contribution in [-0.4, -0.2) is 45.8 Å². The van der Waals surface area contributed by atoms with Crippen LogP contribution in [0.25, 0.3) is 0 Å². The maximum Gasteiger partial charge on any atom is 0.288 e. The van der Waals surface area contributed by atoms with E-state index in [0.717, 1.165) is 27.4 Å². The largest absolute Gasteiger partial charge is 0.350 e. The van der Waals surface area contributed by atoms with Gasteiger partial charge in [-0.15, -0.1) is 23.1 Å². The Kier molecular flexibility index (Phi) is 6.33. The molecule has 3 amide bonds. The minimum Gasteiger partial charge on any atom is -0.350 e. The average molecular weight is 408 g/mol. The second-order valence-electron chi connectivity index (χ2n) is 5.50. The van der Waals surface area contributed by atoms with E-state index in [1.807, 2.05) is 30.5 Å². The number of aromatic nitrogens is 1. The van der Waals surface area contributed by atoms with Gasteiger partial charge in [-0.05, 0) is 19.1 Å². The quantitative estimate of drug-likeness (QED) is 0.710. The molecular weight excluding hydrogens is 390 g/mol. The van der Waals surface area contributed by atoms with Crippen LogP contribution in [0, 0.1) is 6.92 Å². The van der Waals surface area contributed by atoms with Gasteiger partial charge in [0.2, 0.25) is 5.91 Å². The predicted molar refractivity (Wildman–Crippen MR) is 105 cm³/mol. The van der Waals surface area contributed by atoms with E-state index >= 15 is 0 Å². The minimum absolute atomic E-state index is 0.183. The molecule has 136 valence electrons. The Morgan fingerprint density at radius 3 is 2.85 bits per heavy atom. The van der Waals surface area contributed by atoms with Crippen molar-refractivity contribution >= 4 is 51.9 Å². The number of thioether (sulfide) groups is 2. The van der Waals surface area contributed by atoms with Crippen LogP contribution in [0.15, 0.2) is 34.5 Å². The molecule has 1 aromatic heterocycles. The third-order valence-corrected chi connectivity index (χ3v) is 6.42. The zero-order valence-corrected chi connectivity index (χ0v) is 16.5. The topological polar surface area (TPSA) is 79.4 Å². The molecule has 1 fully saturated rings. The number of rotatable bonds is 7. The summed E-state index contributed by atoms with van der Waals surface area (Å²) < 4.78 is 0. The van der Waals surface area contributed by atoms with E-state index in [1.165, 1.54) is 4.90 Å². The molecule has 1 N–H and O–H groups in total. The number of hydrogen-bond donors (Lipinski definition) is 1. The van der Waals surface area contributed by atoms with Crippen molar-refractivity contribution in [3.05, 3.63) is 45.9 Å². The van der Waals surface area contributed by atoms with E-state index in [2.05, 4.69) is 10.3 Å². The summed E-state index contributed by atoms with van der Waals surface area (Å²) >= 11 is 4.16. The summed E-state index contributed by atoms with van der Waals surface area (Å²) in [5, 5.41) is 5.58. The highest BCUT2D eigenvalue weighted by atomic mass is 32.2. The lowest BCUT2D eigenvalue weighted by molar-refractivity contribution is -0.124. The maximum absolute atomic E-state index is 12.5. The molecule has 3 rings (SSSR count). The number of aryl methyl sites for hydroxylation is 1. The molecular formula is C17H17N3O3S3. The van der Waals surface area contributed by atoms with E-state index < -0.39 is 0 Å². The SMILES string of the molecule is Cc1nc(CSc2ccccc2C(=O)NCCN2C(=O)CSC2=O)cs1. The lowest BCUT2D eigenvalue weighted by Crippen LogP contribution is -2.37. The summed E-state index contributed by atoms with van der Waals surface area (Å²) in [7, 11) is 0. The first kappa shape index (κ1) is 18.9. The number of thiazole rings is 1. The molecule has 0 unspecified atom stereocenters. The average Bonchev–Trinajstić information content (AvgIpc) is 3.19. The second kappa shape index (κ2) is 8.70. The fraction of sp³-hybridized carbons (Fsp3) is 0.294. The predicted octanol–water partition coefficient (Wildman–Crippen LogP) is 3.17. The molecule has 6 nitrogen and oxygen atoms in total. The van der Waals surface area contributed by atoms with Gasteiger partial charge >= 0.3 is 0 Å². The van der Waals surface area contributed by atoms with E-state index in [4.69, 9.17) is 0 Å². The summed E-state index contributed by atoms with van der Waals surface area (Å²) in [4.78, 5) is 42.1. The Morgan fingerprint density at radius 2 is 2.15 bits per heavy atom. The zero-order chi connectivity index (χ0) is 18.5. The molecule has 0 spiro atoms. The van der Waals surface area contributed by atoms with Gasteiger partial charge in [0.15, 0.2) is 0 Å². The normalized spacial score (nSPS) is 14.1. The molecule has 2 heterocycles. The van der Waals surface area contributed by atoms with Crippen molar-refractivity contribution in [2.75, 3.05) is 18.8 Å². The molecule has 0 atom stereocenters. The van der Waals surface area contributed by atoms with E-state index in [9.17, 15) is 14.4 Å². The number of hydrogen-bond acceptors (Lipinski definition) is 7. The van der Waals surface area contributed by atoms with Gasteiger partial charge in [-0.2, -0.15) is 0 Å². The Labute approximate surface area is 163 Å². The first-order valence-corrected chi connectivity index (χ1v) is 10.8. The lowest BCUT2D eigenvalue weighted by Gasteiger charge is -2.14. The molecule has 9 heteroatoms. The molecule has 0 bridgehead atoms. The van der Waals surface area contributed by atoms with Crippen LogP contribution in [0.4, 0.5) is 4.79 Å². The summed E-state index contributed by atoms with van der Waals surface area (Å²) in [6.45, 7) is 2.40. The number of carbonyl (C=O) groups excluding carboxylic acids is 3. The van der Waals surface area contributed by atoms with Gasteiger partial charge < -0.3 is 5.32 Å². The van der Waals surface area contributed by atoms with Crippen LogP contribution in [0.2, 0.25) is 0 Å². The van der Waals surface area contributed by atoms with E-state index in [0.29, 0.717) is 11.3 Å². The highest BCUT2D eigenvalue weighted by molar-refractivity contribution is 8.14. The number of benzene rings is 1. The maximum atomic E-state index is 12.5. The van der Waals surface area contributed by atoms with Gasteiger partial charge in [-0.3, -0.25) is 19.3 Å². The Bertz CT molecular complexity index is 821. The van der Waals surface area contributed by atoms with Gasteiger partial charge in [0.05, 0.1) is 22.0 Å². The first-order valence-electron chi connectivity index (χ1n) is 7.93. The molecule has 1 aliphatic heterocycles. The molecule has 1 aromatic carbocycles. The van der Waals surface area contributed by atoms with E-state index in [-0.39, 0.29) is 35.9 Å². The Balaban J connectivity index is 1.57. The zero-order valence-electron chi connectivity index (χ0n) is 14.1. The van der Waals surface area contributed by atoms with E-state index in [1.54, 1.807) is 29.2 Å². The van der Waals surface area contributed by atoms with Crippen LogP contribution in [0.1, 0.15) is 21.1 Å². The number of nitrogens with zero attached hydrogens (tertiary/aromatic N) is 2. The molecule has 0 aliphatic carbocycles. The summed E-state index contributed by atoms with van der Waals surface area (Å²) in [5.41, 5.74) is 1.58. The van der Waals surface area contributed by atoms with Crippen molar-refractivity contribution in [3.63, 3.8) is 0 Å². The third-order valence-electron chi connectivity index (χ3n) is 3.64. The highest BCUT2D eigenvalue weighted by Gasteiger charge is 2.29. The number of nitrogens with one attached hydrogen (secondary N) is 1. The number of imide groups is 1. The Morgan fingerprint density at radius 1 is 1.35 bits per heavy atom. The third kappa shape index (κ3) is 4.66. The standard InChI is InChI=1S/C17H17N3O3S3/c1-11-19-12(8-24-11)9-25-14-5-3-2-4-13(14)16(22)18-6-7-20-15(21)10-26-17(20)23/h2-5,8H,6-7,9-10H2,1H3,(H,18,22). The highest BCUT2D eigenvalue weighted by Crippen LogP contribution is 2.27. The van der Waals surface area contributed by atoms with Crippen molar-refractivity contribution in [3.8, 4) is 0 Å². The molecule has 1 saturated heterocycles. The first-order chi connectivity index (χ1) is 12.5. The van der Waals surface area contributed by atoms with Gasteiger partial charge in [0.25, 0.3) is 11.1 Å². The fourth-order valence-electron chi connectivity index (χ4n) is 2.38.